The number of carbonyl (C=O) groups excluding carboxylic acids is 2. The molecule has 0 aromatic carbocycles. The van der Waals surface area contributed by atoms with Gasteiger partial charge in [-0.2, -0.15) is 0 Å². The van der Waals surface area contributed by atoms with Crippen LogP contribution in [0.1, 0.15) is 71.6 Å². The Morgan fingerprint density at radius 3 is 2.15 bits per heavy atom. The van der Waals surface area contributed by atoms with Gasteiger partial charge in [0.05, 0.1) is 19.6 Å². The maximum absolute atomic E-state index is 12.3. The Morgan fingerprint density at radius 1 is 1.00 bits per heavy atom. The summed E-state index contributed by atoms with van der Waals surface area (Å²) < 4.78 is 10.5. The third-order valence-electron chi connectivity index (χ3n) is 5.04. The van der Waals surface area contributed by atoms with Gasteiger partial charge in [0, 0.05) is 6.61 Å². The second-order valence-corrected chi connectivity index (χ2v) is 7.33. The van der Waals surface area contributed by atoms with Gasteiger partial charge in [-0.3, -0.25) is 9.59 Å². The first-order valence-electron chi connectivity index (χ1n) is 10.3. The van der Waals surface area contributed by atoms with E-state index in [0.717, 1.165) is 51.4 Å². The average Bonchev–Trinajstić information content (AvgIpc) is 2.65. The van der Waals surface area contributed by atoms with Crippen molar-refractivity contribution in [1.82, 2.24) is 5.32 Å². The number of nitrogens with one attached hydrogen (secondary N) is 1. The van der Waals surface area contributed by atoms with Crippen LogP contribution in [0.5, 0.6) is 0 Å². The second kappa shape index (κ2) is 14.0. The molecule has 6 nitrogen and oxygen atoms in total. The lowest BCUT2D eigenvalue weighted by Gasteiger charge is -2.28. The lowest BCUT2D eigenvalue weighted by Crippen LogP contribution is -2.43. The number of aliphatic hydroxyl groups is 1. The molecule has 0 aromatic heterocycles. The van der Waals surface area contributed by atoms with Gasteiger partial charge in [-0.15, -0.1) is 0 Å². The van der Waals surface area contributed by atoms with Crippen LogP contribution in [0, 0.1) is 11.8 Å². The second-order valence-electron chi connectivity index (χ2n) is 7.33. The van der Waals surface area contributed by atoms with Crippen molar-refractivity contribution in [1.29, 1.82) is 0 Å². The summed E-state index contributed by atoms with van der Waals surface area (Å²) in [7, 11) is 0. The molecule has 1 saturated carbocycles. The fourth-order valence-electron chi connectivity index (χ4n) is 3.14. The van der Waals surface area contributed by atoms with Crippen LogP contribution in [0.3, 0.4) is 0 Å². The van der Waals surface area contributed by atoms with E-state index in [0.29, 0.717) is 31.6 Å². The Hall–Kier alpha value is -1.14. The van der Waals surface area contributed by atoms with E-state index in [1.807, 2.05) is 13.8 Å². The molecule has 1 unspecified atom stereocenters. The first-order chi connectivity index (χ1) is 12.6. The van der Waals surface area contributed by atoms with Gasteiger partial charge in [0.2, 0.25) is 0 Å². The third-order valence-corrected chi connectivity index (χ3v) is 5.04. The van der Waals surface area contributed by atoms with Gasteiger partial charge in [-0.05, 0) is 56.9 Å². The molecule has 0 bridgehead atoms. The molecule has 0 aliphatic heterocycles. The molecule has 0 saturated heterocycles. The molecule has 1 aliphatic carbocycles. The molecular weight excluding hydrogens is 334 g/mol. The molecule has 1 rings (SSSR count). The maximum atomic E-state index is 12.3. The van der Waals surface area contributed by atoms with Crippen LogP contribution in [-0.2, 0) is 19.1 Å². The van der Waals surface area contributed by atoms with Crippen molar-refractivity contribution in [2.45, 2.75) is 77.7 Å². The van der Waals surface area contributed by atoms with Gasteiger partial charge >= 0.3 is 11.9 Å². The number of hydrogen-bond acceptors (Lipinski definition) is 6. The van der Waals surface area contributed by atoms with E-state index >= 15 is 0 Å². The molecule has 0 spiro atoms. The maximum Gasteiger partial charge on any atom is 0.323 e. The molecular formula is C20H37NO5. The van der Waals surface area contributed by atoms with Crippen LogP contribution in [0.4, 0.5) is 0 Å². The lowest BCUT2D eigenvalue weighted by atomic mass is 9.82. The summed E-state index contributed by atoms with van der Waals surface area (Å²) in [6.07, 6.45) is 7.71. The number of carbonyl (C=O) groups is 2. The molecule has 0 aromatic rings. The Labute approximate surface area is 158 Å². The highest BCUT2D eigenvalue weighted by molar-refractivity contribution is 5.82. The van der Waals surface area contributed by atoms with Crippen LogP contribution < -0.4 is 5.32 Å². The predicted molar refractivity (Wildman–Crippen MR) is 101 cm³/mol. The highest BCUT2D eigenvalue weighted by Crippen LogP contribution is 2.28. The summed E-state index contributed by atoms with van der Waals surface area (Å²) in [5.41, 5.74) is 0. The Kier molecular flexibility index (Phi) is 12.3. The van der Waals surface area contributed by atoms with Crippen molar-refractivity contribution in [2.24, 2.45) is 11.8 Å². The van der Waals surface area contributed by atoms with E-state index in [4.69, 9.17) is 9.47 Å². The smallest absolute Gasteiger partial charge is 0.323 e. The molecule has 1 aliphatic rings. The fraction of sp³-hybridized carbons (Fsp3) is 0.900. The minimum Gasteiger partial charge on any atom is -0.466 e. The van der Waals surface area contributed by atoms with Gasteiger partial charge < -0.3 is 19.9 Å². The van der Waals surface area contributed by atoms with E-state index in [9.17, 15) is 14.7 Å². The van der Waals surface area contributed by atoms with Gasteiger partial charge in [-0.1, -0.05) is 26.7 Å². The Balaban J connectivity index is 2.45. The summed E-state index contributed by atoms with van der Waals surface area (Å²) in [4.78, 5) is 24.3. The van der Waals surface area contributed by atoms with Crippen LogP contribution in [0.25, 0.3) is 0 Å². The minimum absolute atomic E-state index is 0.0145. The molecule has 152 valence electrons. The highest BCUT2D eigenvalue weighted by atomic mass is 16.5. The zero-order valence-electron chi connectivity index (χ0n) is 16.5. The van der Waals surface area contributed by atoms with E-state index in [-0.39, 0.29) is 25.0 Å². The summed E-state index contributed by atoms with van der Waals surface area (Å²) >= 11 is 0. The monoisotopic (exact) mass is 371 g/mol. The number of aliphatic hydroxyl groups excluding tert-OH is 1. The zero-order valence-corrected chi connectivity index (χ0v) is 16.5. The number of unbranched alkanes of at least 4 members (excludes halogenated alkanes) is 2. The first-order valence-corrected chi connectivity index (χ1v) is 10.3. The molecule has 1 atom stereocenters. The van der Waals surface area contributed by atoms with Crippen molar-refractivity contribution in [2.75, 3.05) is 26.4 Å². The van der Waals surface area contributed by atoms with Gasteiger partial charge in [0.1, 0.15) is 6.04 Å². The Bertz CT molecular complexity index is 394. The zero-order chi connectivity index (χ0) is 19.2. The summed E-state index contributed by atoms with van der Waals surface area (Å²) in [5.74, 6) is 0.164. The van der Waals surface area contributed by atoms with Crippen LogP contribution >= 0.6 is 0 Å². The standard InChI is InChI=1S/C20H37NO5/c1-3-5-11-25-19(23)13-18(20(24)26-12-6-4-2)21-14-16-7-9-17(15-22)10-8-16/h16-18,21-22H,3-15H2,1-2H3. The SMILES string of the molecule is CCCCOC(=O)CC(NCC1CCC(CO)CC1)C(=O)OCCCC. The van der Waals surface area contributed by atoms with Crippen molar-refractivity contribution >= 4 is 11.9 Å². The molecule has 0 heterocycles. The lowest BCUT2D eigenvalue weighted by molar-refractivity contribution is -0.153. The largest absolute Gasteiger partial charge is 0.466 e. The quantitative estimate of drug-likeness (QED) is 0.382. The predicted octanol–water partition coefficient (Wildman–Crippen LogP) is 2.82. The molecule has 1 fully saturated rings. The van der Waals surface area contributed by atoms with Crippen molar-refractivity contribution in [3.8, 4) is 0 Å². The van der Waals surface area contributed by atoms with E-state index in [2.05, 4.69) is 5.32 Å². The molecule has 6 heteroatoms. The third kappa shape index (κ3) is 9.53. The number of hydrogen-bond donors (Lipinski definition) is 2. The number of rotatable bonds is 13. The van der Waals surface area contributed by atoms with E-state index < -0.39 is 6.04 Å². The molecule has 0 radical (unpaired) electrons. The average molecular weight is 372 g/mol. The normalized spacial score (nSPS) is 21.2. The van der Waals surface area contributed by atoms with Crippen LogP contribution in [0.2, 0.25) is 0 Å². The fourth-order valence-corrected chi connectivity index (χ4v) is 3.14. The van der Waals surface area contributed by atoms with Crippen molar-refractivity contribution < 1.29 is 24.2 Å². The van der Waals surface area contributed by atoms with E-state index in [1.54, 1.807) is 0 Å². The summed E-state index contributed by atoms with van der Waals surface area (Å²) in [6.45, 7) is 5.81. The topological polar surface area (TPSA) is 84.9 Å². The minimum atomic E-state index is -0.642. The Morgan fingerprint density at radius 2 is 1.58 bits per heavy atom. The number of ether oxygens (including phenoxy) is 2. The molecule has 2 N–H and O–H groups in total. The van der Waals surface area contributed by atoms with Crippen molar-refractivity contribution in [3.63, 3.8) is 0 Å². The van der Waals surface area contributed by atoms with Gasteiger partial charge in [0.25, 0.3) is 0 Å². The van der Waals surface area contributed by atoms with Gasteiger partial charge in [-0.25, -0.2) is 0 Å². The van der Waals surface area contributed by atoms with E-state index in [1.165, 1.54) is 0 Å². The van der Waals surface area contributed by atoms with Gasteiger partial charge in [0.15, 0.2) is 0 Å². The molecule has 0 amide bonds. The summed E-state index contributed by atoms with van der Waals surface area (Å²) in [5, 5.41) is 12.5. The van der Waals surface area contributed by atoms with Crippen LogP contribution in [0.15, 0.2) is 0 Å². The van der Waals surface area contributed by atoms with Crippen LogP contribution in [-0.4, -0.2) is 49.5 Å². The van der Waals surface area contributed by atoms with Crippen molar-refractivity contribution in [3.05, 3.63) is 0 Å². The number of esters is 2. The first kappa shape index (κ1) is 22.9. The summed E-state index contributed by atoms with van der Waals surface area (Å²) in [6, 6.07) is -0.642. The molecule has 26 heavy (non-hydrogen) atoms. The highest BCUT2D eigenvalue weighted by Gasteiger charge is 2.26.